The summed E-state index contributed by atoms with van der Waals surface area (Å²) in [4.78, 5) is 38.3. The highest BCUT2D eigenvalue weighted by Gasteiger charge is 2.17. The zero-order valence-electron chi connectivity index (χ0n) is 16.0. The minimum Gasteiger partial charge on any atom is -0.497 e. The maximum absolute atomic E-state index is 12.2. The van der Waals surface area contributed by atoms with Crippen molar-refractivity contribution in [2.45, 2.75) is 6.42 Å². The molecule has 0 bridgehead atoms. The number of carbonyl (C=O) groups is 3. The molecule has 30 heavy (non-hydrogen) atoms. The molecule has 160 valence electrons. The Balaban J connectivity index is 1.90. The average molecular weight is 436 g/mol. The van der Waals surface area contributed by atoms with Crippen LogP contribution in [0.4, 0.5) is 4.79 Å². The second-order valence-electron chi connectivity index (χ2n) is 5.88. The number of sulfonamides is 1. The van der Waals surface area contributed by atoms with Gasteiger partial charge < -0.3 is 15.2 Å². The van der Waals surface area contributed by atoms with E-state index in [1.54, 1.807) is 24.3 Å². The molecule has 2 rings (SSSR count). The molecule has 2 aromatic rings. The van der Waals surface area contributed by atoms with Gasteiger partial charge in [-0.25, -0.2) is 22.9 Å². The van der Waals surface area contributed by atoms with Gasteiger partial charge in [0.2, 0.25) is 21.8 Å². The number of pyridine rings is 1. The van der Waals surface area contributed by atoms with Gasteiger partial charge >= 0.3 is 6.09 Å². The molecule has 11 nitrogen and oxygen atoms in total. The van der Waals surface area contributed by atoms with Gasteiger partial charge in [0.1, 0.15) is 5.75 Å². The van der Waals surface area contributed by atoms with Crippen LogP contribution in [-0.2, 0) is 21.2 Å². The highest BCUT2D eigenvalue weighted by molar-refractivity contribution is 7.90. The molecule has 1 aromatic heterocycles. The molecular weight excluding hydrogens is 416 g/mol. The lowest BCUT2D eigenvalue weighted by atomic mass is 10.2. The van der Waals surface area contributed by atoms with Crippen LogP contribution in [0.1, 0.15) is 15.9 Å². The predicted octanol–water partition coefficient (Wildman–Crippen LogP) is -0.0338. The first-order chi connectivity index (χ1) is 14.2. The average Bonchev–Trinajstić information content (AvgIpc) is 2.72. The molecule has 0 fully saturated rings. The Hall–Kier alpha value is -3.51. The van der Waals surface area contributed by atoms with Crippen molar-refractivity contribution < 1.29 is 32.3 Å². The van der Waals surface area contributed by atoms with Gasteiger partial charge in [-0.3, -0.25) is 14.9 Å². The topological polar surface area (TPSA) is 167 Å². The number of amides is 3. The van der Waals surface area contributed by atoms with Gasteiger partial charge in [0.05, 0.1) is 25.0 Å². The number of hydrogen-bond acceptors (Lipinski definition) is 9. The van der Waals surface area contributed by atoms with Crippen molar-refractivity contribution in [3.05, 3.63) is 53.7 Å². The Morgan fingerprint density at radius 2 is 1.80 bits per heavy atom. The normalized spacial score (nSPS) is 10.7. The Morgan fingerprint density at radius 1 is 1.10 bits per heavy atom. The molecule has 0 aliphatic heterocycles. The Kier molecular flexibility index (Phi) is 7.83. The van der Waals surface area contributed by atoms with E-state index < -0.39 is 34.5 Å². The van der Waals surface area contributed by atoms with Gasteiger partial charge in [-0.15, -0.1) is 0 Å². The summed E-state index contributed by atoms with van der Waals surface area (Å²) in [5.41, 5.74) is 5.76. The number of carbonyl (C=O) groups excluding carboxylic acids is 3. The second-order valence-corrected chi connectivity index (χ2v) is 7.72. The van der Waals surface area contributed by atoms with Crippen molar-refractivity contribution in [2.75, 3.05) is 19.4 Å². The first kappa shape index (κ1) is 22.8. The molecule has 1 heterocycles. The number of imide groups is 1. The van der Waals surface area contributed by atoms with Crippen LogP contribution in [0.15, 0.2) is 42.6 Å². The summed E-state index contributed by atoms with van der Waals surface area (Å²) >= 11 is 0. The maximum Gasteiger partial charge on any atom is 0.420 e. The van der Waals surface area contributed by atoms with E-state index in [9.17, 15) is 22.8 Å². The molecular formula is C18H20N4O7S. The molecule has 1 aromatic carbocycles. The SMILES string of the molecule is COc1ccc(CCS(=O)(=O)NC(=O)c2ccc(OC(=O)NC(=O)CN)nc2)cc1. The van der Waals surface area contributed by atoms with Crippen LogP contribution >= 0.6 is 0 Å². The van der Waals surface area contributed by atoms with Crippen molar-refractivity contribution in [3.63, 3.8) is 0 Å². The van der Waals surface area contributed by atoms with Crippen molar-refractivity contribution in [1.82, 2.24) is 15.0 Å². The van der Waals surface area contributed by atoms with Crippen LogP contribution in [0.25, 0.3) is 0 Å². The minimum absolute atomic E-state index is 0.0613. The van der Waals surface area contributed by atoms with E-state index in [2.05, 4.69) is 4.98 Å². The molecule has 0 aliphatic carbocycles. The third-order valence-corrected chi connectivity index (χ3v) is 4.93. The molecule has 0 aliphatic rings. The van der Waals surface area contributed by atoms with Crippen LogP contribution in [0.2, 0.25) is 0 Å². The second kappa shape index (κ2) is 10.3. The van der Waals surface area contributed by atoms with E-state index >= 15 is 0 Å². The van der Waals surface area contributed by atoms with Crippen molar-refractivity contribution in [1.29, 1.82) is 0 Å². The lowest BCUT2D eigenvalue weighted by Gasteiger charge is -2.08. The number of hydrogen-bond donors (Lipinski definition) is 3. The molecule has 0 radical (unpaired) electrons. The first-order valence-electron chi connectivity index (χ1n) is 8.58. The summed E-state index contributed by atoms with van der Waals surface area (Å²) in [6.07, 6.45) is 0.145. The predicted molar refractivity (Wildman–Crippen MR) is 105 cm³/mol. The standard InChI is InChI=1S/C18H20N4O7S/c1-28-14-5-2-12(3-6-14)8-9-30(26,27)22-17(24)13-4-7-16(20-11-13)29-18(25)21-15(23)10-19/h2-7,11H,8-10,19H2,1H3,(H,22,24)(H,21,23,25). The van der Waals surface area contributed by atoms with E-state index in [1.165, 1.54) is 19.2 Å². The number of rotatable bonds is 8. The van der Waals surface area contributed by atoms with Crippen LogP contribution < -0.4 is 25.2 Å². The number of nitrogens with two attached hydrogens (primary N) is 1. The zero-order chi connectivity index (χ0) is 22.1. The highest BCUT2D eigenvalue weighted by atomic mass is 32.2. The van der Waals surface area contributed by atoms with Crippen molar-refractivity contribution in [3.8, 4) is 11.6 Å². The highest BCUT2D eigenvalue weighted by Crippen LogP contribution is 2.12. The van der Waals surface area contributed by atoms with Gasteiger partial charge in [0.25, 0.3) is 5.91 Å². The van der Waals surface area contributed by atoms with Crippen LogP contribution in [0, 0.1) is 0 Å². The van der Waals surface area contributed by atoms with Crippen LogP contribution in [-0.4, -0.2) is 50.7 Å². The summed E-state index contributed by atoms with van der Waals surface area (Å²) in [6, 6.07) is 9.27. The number of benzene rings is 1. The number of methoxy groups -OCH3 is 1. The van der Waals surface area contributed by atoms with Gasteiger partial charge in [-0.05, 0) is 30.2 Å². The van der Waals surface area contributed by atoms with Crippen LogP contribution in [0.3, 0.4) is 0 Å². The first-order valence-corrected chi connectivity index (χ1v) is 10.2. The summed E-state index contributed by atoms with van der Waals surface area (Å²) < 4.78 is 36.0. The summed E-state index contributed by atoms with van der Waals surface area (Å²) in [5, 5.41) is 1.85. The molecule has 12 heteroatoms. The number of aryl methyl sites for hydroxylation is 1. The fraction of sp³-hybridized carbons (Fsp3) is 0.222. The number of nitrogens with zero attached hydrogens (tertiary/aromatic N) is 1. The van der Waals surface area contributed by atoms with E-state index in [-0.39, 0.29) is 23.6 Å². The van der Waals surface area contributed by atoms with Gasteiger partial charge in [-0.2, -0.15) is 0 Å². The van der Waals surface area contributed by atoms with E-state index in [0.717, 1.165) is 11.8 Å². The monoisotopic (exact) mass is 436 g/mol. The largest absolute Gasteiger partial charge is 0.497 e. The van der Waals surface area contributed by atoms with Crippen molar-refractivity contribution in [2.24, 2.45) is 5.73 Å². The number of aromatic nitrogens is 1. The molecule has 0 spiro atoms. The zero-order valence-corrected chi connectivity index (χ0v) is 16.8. The maximum atomic E-state index is 12.2. The molecule has 0 atom stereocenters. The Labute approximate surface area is 172 Å². The van der Waals surface area contributed by atoms with Gasteiger partial charge in [-0.1, -0.05) is 12.1 Å². The molecule has 3 amide bonds. The minimum atomic E-state index is -3.89. The van der Waals surface area contributed by atoms with E-state index in [0.29, 0.717) is 5.75 Å². The lowest BCUT2D eigenvalue weighted by Crippen LogP contribution is -2.37. The molecule has 0 saturated heterocycles. The lowest BCUT2D eigenvalue weighted by molar-refractivity contribution is -0.118. The quantitative estimate of drug-likeness (QED) is 0.514. The fourth-order valence-electron chi connectivity index (χ4n) is 2.16. The number of ether oxygens (including phenoxy) is 2. The third-order valence-electron chi connectivity index (χ3n) is 3.69. The van der Waals surface area contributed by atoms with E-state index in [1.807, 2.05) is 10.0 Å². The summed E-state index contributed by atoms with van der Waals surface area (Å²) in [5.74, 6) is -1.47. The third kappa shape index (κ3) is 7.14. The van der Waals surface area contributed by atoms with Gasteiger partial charge in [0.15, 0.2) is 0 Å². The molecule has 4 N–H and O–H groups in total. The fourth-order valence-corrected chi connectivity index (χ4v) is 3.16. The van der Waals surface area contributed by atoms with Gasteiger partial charge in [0, 0.05) is 12.3 Å². The smallest absolute Gasteiger partial charge is 0.420 e. The number of nitrogens with one attached hydrogen (secondary N) is 2. The Bertz CT molecular complexity index is 1010. The van der Waals surface area contributed by atoms with Crippen LogP contribution in [0.5, 0.6) is 11.6 Å². The molecule has 0 unspecified atom stereocenters. The van der Waals surface area contributed by atoms with Crippen molar-refractivity contribution >= 4 is 27.9 Å². The Morgan fingerprint density at radius 3 is 2.37 bits per heavy atom. The molecule has 0 saturated carbocycles. The van der Waals surface area contributed by atoms with E-state index in [4.69, 9.17) is 15.2 Å². The summed E-state index contributed by atoms with van der Waals surface area (Å²) in [7, 11) is -2.36. The summed E-state index contributed by atoms with van der Waals surface area (Å²) in [6.45, 7) is -0.394.